The van der Waals surface area contributed by atoms with Crippen molar-refractivity contribution >= 4 is 45.7 Å². The maximum atomic E-state index is 17.8. The topological polar surface area (TPSA) is 91.2 Å². The van der Waals surface area contributed by atoms with Crippen molar-refractivity contribution in [2.45, 2.75) is 45.7 Å². The fourth-order valence-corrected chi connectivity index (χ4v) is 7.58. The number of hydrogen-bond acceptors (Lipinski definition) is 7. The van der Waals surface area contributed by atoms with Gasteiger partial charge in [-0.25, -0.2) is 8.78 Å². The van der Waals surface area contributed by atoms with Crippen LogP contribution in [0.4, 0.5) is 20.2 Å². The second-order valence-electron chi connectivity index (χ2n) is 13.6. The molecule has 2 unspecified atom stereocenters. The summed E-state index contributed by atoms with van der Waals surface area (Å²) in [5.74, 6) is -2.54. The molecule has 6 rings (SSSR count). The average molecular weight is 719 g/mol. The van der Waals surface area contributed by atoms with Gasteiger partial charge >= 0.3 is 0 Å². The van der Waals surface area contributed by atoms with E-state index in [2.05, 4.69) is 11.6 Å². The van der Waals surface area contributed by atoms with Crippen molar-refractivity contribution in [3.05, 3.63) is 87.5 Å². The van der Waals surface area contributed by atoms with Gasteiger partial charge in [-0.15, -0.1) is 0 Å². The molecule has 2 amide bonds. The van der Waals surface area contributed by atoms with Crippen LogP contribution in [0.5, 0.6) is 5.75 Å². The van der Waals surface area contributed by atoms with Gasteiger partial charge in [0.15, 0.2) is 5.82 Å². The van der Waals surface area contributed by atoms with Crippen LogP contribution in [0.15, 0.2) is 54.0 Å². The number of fused-ring (bicyclic) bond motifs is 5. The largest absolute Gasteiger partial charge is 0.496 e. The Balaban J connectivity index is 1.82. The number of carbonyl (C=O) groups excluding carboxylic acids is 2. The highest BCUT2D eigenvalue weighted by Gasteiger charge is 2.47. The third kappa shape index (κ3) is 5.84. The van der Waals surface area contributed by atoms with E-state index in [1.807, 2.05) is 39.8 Å². The van der Waals surface area contributed by atoms with Crippen LogP contribution in [-0.2, 0) is 9.59 Å². The van der Waals surface area contributed by atoms with Crippen LogP contribution >= 0.6 is 11.6 Å². The number of piperazine rings is 1. The molecular weight excluding hydrogens is 678 g/mol. The van der Waals surface area contributed by atoms with Crippen molar-refractivity contribution < 1.29 is 23.1 Å². The molecule has 0 spiro atoms. The summed E-state index contributed by atoms with van der Waals surface area (Å²) in [6.07, 6.45) is 2.84. The summed E-state index contributed by atoms with van der Waals surface area (Å²) >= 11 is 6.96. The number of aryl methyl sites for hydroxylation is 1. The quantitative estimate of drug-likeness (QED) is 0.209. The molecule has 2 aromatic heterocycles. The summed E-state index contributed by atoms with van der Waals surface area (Å²) in [6, 6.07) is 6.11. The van der Waals surface area contributed by atoms with Crippen LogP contribution in [-0.4, -0.2) is 90.6 Å². The molecule has 0 saturated carbocycles. The molecule has 13 heteroatoms. The molecule has 4 heterocycles. The van der Waals surface area contributed by atoms with Gasteiger partial charge < -0.3 is 24.3 Å². The van der Waals surface area contributed by atoms with Crippen molar-refractivity contribution in [3.63, 3.8) is 0 Å². The fourth-order valence-electron chi connectivity index (χ4n) is 7.29. The Kier molecular flexibility index (Phi) is 9.69. The first-order valence-corrected chi connectivity index (χ1v) is 17.2. The van der Waals surface area contributed by atoms with Crippen LogP contribution in [0.25, 0.3) is 27.7 Å². The third-order valence-corrected chi connectivity index (χ3v) is 10.0. The molecule has 0 N–H and O–H groups in total. The van der Waals surface area contributed by atoms with Crippen LogP contribution < -0.4 is 20.1 Å². The summed E-state index contributed by atoms with van der Waals surface area (Å²) < 4.78 is 40.1. The van der Waals surface area contributed by atoms with E-state index in [-0.39, 0.29) is 75.9 Å². The number of amides is 2. The number of carbonyl (C=O) groups is 2. The zero-order valence-electron chi connectivity index (χ0n) is 29.8. The van der Waals surface area contributed by atoms with E-state index >= 15 is 13.6 Å². The van der Waals surface area contributed by atoms with Crippen molar-refractivity contribution in [3.8, 4) is 22.6 Å². The van der Waals surface area contributed by atoms with Crippen molar-refractivity contribution in [1.82, 2.24) is 19.4 Å². The number of hydrogen-bond donors (Lipinski definition) is 0. The maximum absolute atomic E-state index is 17.8. The fraction of sp³-hybridized carbons (Fsp3) is 0.368. The predicted octanol–water partition coefficient (Wildman–Crippen LogP) is 5.92. The number of likely N-dealkylation sites (N-methyl/N-ethyl adjacent to an activating group) is 1. The van der Waals surface area contributed by atoms with E-state index in [1.165, 1.54) is 46.9 Å². The summed E-state index contributed by atoms with van der Waals surface area (Å²) in [5, 5.41) is 0.122. The van der Waals surface area contributed by atoms with E-state index in [0.717, 1.165) is 0 Å². The van der Waals surface area contributed by atoms with Gasteiger partial charge in [-0.05, 0) is 69.8 Å². The number of methoxy groups -OCH3 is 1. The van der Waals surface area contributed by atoms with Gasteiger partial charge in [0.1, 0.15) is 23.3 Å². The Morgan fingerprint density at radius 1 is 1.14 bits per heavy atom. The molecule has 0 aliphatic carbocycles. The highest BCUT2D eigenvalue weighted by atomic mass is 35.5. The van der Waals surface area contributed by atoms with Gasteiger partial charge in [-0.1, -0.05) is 38.1 Å². The lowest BCUT2D eigenvalue weighted by Crippen LogP contribution is -2.67. The molecule has 10 nitrogen and oxygen atoms in total. The zero-order valence-corrected chi connectivity index (χ0v) is 30.5. The molecule has 1 saturated heterocycles. The molecule has 2 aliphatic heterocycles. The summed E-state index contributed by atoms with van der Waals surface area (Å²) in [4.78, 5) is 54.1. The molecule has 0 radical (unpaired) electrons. The van der Waals surface area contributed by atoms with Crippen LogP contribution in [0.1, 0.15) is 37.9 Å². The Hall–Kier alpha value is -4.81. The zero-order chi connectivity index (χ0) is 37.0. The molecule has 268 valence electrons. The molecule has 2 atom stereocenters. The number of halogens is 3. The number of aromatic nitrogens is 2. The van der Waals surface area contributed by atoms with Crippen LogP contribution in [0, 0.1) is 18.6 Å². The van der Waals surface area contributed by atoms with E-state index in [0.29, 0.717) is 29.2 Å². The minimum Gasteiger partial charge on any atom is -0.496 e. The highest BCUT2D eigenvalue weighted by molar-refractivity contribution is 6.35. The second kappa shape index (κ2) is 13.7. The Labute approximate surface area is 300 Å². The van der Waals surface area contributed by atoms with E-state index < -0.39 is 29.3 Å². The van der Waals surface area contributed by atoms with Gasteiger partial charge in [0.05, 0.1) is 46.8 Å². The van der Waals surface area contributed by atoms with Crippen LogP contribution in [0.2, 0.25) is 5.02 Å². The molecule has 0 bridgehead atoms. The van der Waals surface area contributed by atoms with E-state index in [1.54, 1.807) is 29.0 Å². The number of anilines is 2. The number of rotatable bonds is 8. The molecule has 2 aromatic carbocycles. The first-order chi connectivity index (χ1) is 24.2. The van der Waals surface area contributed by atoms with Crippen molar-refractivity contribution in [2.24, 2.45) is 0 Å². The van der Waals surface area contributed by atoms with E-state index in [9.17, 15) is 9.59 Å². The summed E-state index contributed by atoms with van der Waals surface area (Å²) in [5.41, 5.74) is 0.629. The Morgan fingerprint density at radius 3 is 2.51 bits per heavy atom. The highest BCUT2D eigenvalue weighted by Crippen LogP contribution is 2.48. The predicted molar refractivity (Wildman–Crippen MR) is 196 cm³/mol. The standard InChI is InChI=1S/C38H41ClF2N6O4/c1-9-28(48)45-19-26-37(49)44(16-15-43(6)7)36-35(46(26)18-22(45)5)23-17-24(39)29(30-25(40)11-10-12-27(30)51-8)31(41)34(23)47(38(36)50)33-21(4)13-14-42-32(33)20(2)3/h9-14,17,20,22,26H,1,15-16,18-19H2,2-8H3. The number of pyridine rings is 2. The SMILES string of the molecule is C=CC(=O)N1CC2C(=O)N(CCN(C)C)c3c(c4cc(Cl)c(-c5c(F)cccc5OC)c(F)c4n(-c4c(C)ccnc4C(C)C)c3=O)N2CC1C. The smallest absolute Gasteiger partial charge is 0.281 e. The van der Waals surface area contributed by atoms with Crippen molar-refractivity contribution in [1.29, 1.82) is 0 Å². The first kappa shape index (κ1) is 36.0. The van der Waals surface area contributed by atoms with Gasteiger partial charge in [0.25, 0.3) is 11.5 Å². The summed E-state index contributed by atoms with van der Waals surface area (Å²) in [7, 11) is 5.06. The van der Waals surface area contributed by atoms with Gasteiger partial charge in [-0.3, -0.25) is 23.9 Å². The second-order valence-corrected chi connectivity index (χ2v) is 14.0. The number of benzene rings is 2. The molecular formula is C38H41ClF2N6O4. The minimum atomic E-state index is -0.944. The van der Waals surface area contributed by atoms with Gasteiger partial charge in [-0.2, -0.15) is 0 Å². The Bertz CT molecular complexity index is 2150. The van der Waals surface area contributed by atoms with Crippen LogP contribution in [0.3, 0.4) is 0 Å². The molecule has 4 aromatic rings. The lowest BCUT2D eigenvalue weighted by Gasteiger charge is -2.50. The first-order valence-electron chi connectivity index (χ1n) is 16.8. The molecule has 51 heavy (non-hydrogen) atoms. The lowest BCUT2D eigenvalue weighted by molar-refractivity contribution is -0.130. The molecule has 2 aliphatic rings. The minimum absolute atomic E-state index is 0.0211. The van der Waals surface area contributed by atoms with E-state index in [4.69, 9.17) is 16.3 Å². The number of nitrogens with zero attached hydrogens (tertiary/aromatic N) is 6. The normalized spacial score (nSPS) is 17.3. The van der Waals surface area contributed by atoms with Gasteiger partial charge in [0.2, 0.25) is 5.91 Å². The number of ether oxygens (including phenoxy) is 1. The Morgan fingerprint density at radius 2 is 1.86 bits per heavy atom. The van der Waals surface area contributed by atoms with Gasteiger partial charge in [0, 0.05) is 42.8 Å². The third-order valence-electron chi connectivity index (χ3n) is 9.75. The lowest BCUT2D eigenvalue weighted by atomic mass is 9.94. The monoisotopic (exact) mass is 718 g/mol. The van der Waals surface area contributed by atoms with Crippen molar-refractivity contribution in [2.75, 3.05) is 57.2 Å². The molecule has 1 fully saturated rings. The maximum Gasteiger partial charge on any atom is 0.281 e. The average Bonchev–Trinajstić information content (AvgIpc) is 3.08. The summed E-state index contributed by atoms with van der Waals surface area (Å²) in [6.45, 7) is 11.8.